The fraction of sp³-hybridized carbons (Fsp3) is 0.250. The Morgan fingerprint density at radius 1 is 0.962 bits per heavy atom. The largest absolute Gasteiger partial charge is 0.478 e. The first-order valence-electron chi connectivity index (χ1n) is 8.53. The molecule has 0 aliphatic heterocycles. The van der Waals surface area contributed by atoms with Gasteiger partial charge in [0, 0.05) is 5.69 Å². The molecule has 1 aliphatic rings. The number of carboxylic acid groups (broad SMARTS) is 1. The van der Waals surface area contributed by atoms with Crippen molar-refractivity contribution >= 4 is 34.9 Å². The number of hydrogen-bond donors (Lipinski definition) is 3. The molecule has 1 fully saturated rings. The molecule has 1 amide bonds. The molecule has 2 aromatic rings. The minimum atomic E-state index is -0.988. The number of rotatable bonds is 4. The van der Waals surface area contributed by atoms with Crippen LogP contribution in [-0.2, 0) is 10.2 Å². The third kappa shape index (κ3) is 3.75. The molecule has 2 aromatic carbocycles. The molecule has 6 heteroatoms. The lowest BCUT2D eigenvalue weighted by Crippen LogP contribution is -2.46. The highest BCUT2D eigenvalue weighted by Crippen LogP contribution is 2.41. The van der Waals surface area contributed by atoms with Gasteiger partial charge in [0.05, 0.1) is 11.0 Å². The van der Waals surface area contributed by atoms with Crippen LogP contribution in [0.3, 0.4) is 0 Å². The average Bonchev–Trinajstić information content (AvgIpc) is 3.14. The summed E-state index contributed by atoms with van der Waals surface area (Å²) in [6.07, 6.45) is 3.63. The number of thiocarbonyl (C=S) groups is 1. The predicted molar refractivity (Wildman–Crippen MR) is 104 cm³/mol. The van der Waals surface area contributed by atoms with E-state index in [1.165, 1.54) is 12.1 Å². The summed E-state index contributed by atoms with van der Waals surface area (Å²) in [5.74, 6) is -1.08. The quantitative estimate of drug-likeness (QED) is 0.717. The van der Waals surface area contributed by atoms with Crippen molar-refractivity contribution in [3.05, 3.63) is 65.7 Å². The summed E-state index contributed by atoms with van der Waals surface area (Å²) in [7, 11) is 0. The highest BCUT2D eigenvalue weighted by atomic mass is 32.1. The first-order chi connectivity index (χ1) is 12.5. The van der Waals surface area contributed by atoms with Gasteiger partial charge in [0.2, 0.25) is 5.91 Å². The van der Waals surface area contributed by atoms with Crippen molar-refractivity contribution in [1.82, 2.24) is 5.32 Å². The Kier molecular flexibility index (Phi) is 5.32. The number of hydrogen-bond acceptors (Lipinski definition) is 3. The maximum absolute atomic E-state index is 13.0. The van der Waals surface area contributed by atoms with Gasteiger partial charge < -0.3 is 15.7 Å². The van der Waals surface area contributed by atoms with Gasteiger partial charge in [0.25, 0.3) is 0 Å². The predicted octanol–water partition coefficient (Wildman–Crippen LogP) is 3.71. The molecule has 0 radical (unpaired) electrons. The molecule has 0 spiro atoms. The SMILES string of the molecule is O=C(O)c1ccc(NC(=S)NC(=O)C2(c3ccccc3)CCCC2)cc1. The average molecular weight is 368 g/mol. The number of amides is 1. The fourth-order valence-electron chi connectivity index (χ4n) is 3.46. The summed E-state index contributed by atoms with van der Waals surface area (Å²) in [6, 6.07) is 16.0. The lowest BCUT2D eigenvalue weighted by Gasteiger charge is -2.28. The minimum Gasteiger partial charge on any atom is -0.478 e. The summed E-state index contributed by atoms with van der Waals surface area (Å²) in [5, 5.41) is 14.9. The van der Waals surface area contributed by atoms with E-state index in [-0.39, 0.29) is 16.6 Å². The van der Waals surface area contributed by atoms with E-state index in [4.69, 9.17) is 17.3 Å². The van der Waals surface area contributed by atoms with Crippen LogP contribution < -0.4 is 10.6 Å². The first-order valence-corrected chi connectivity index (χ1v) is 8.93. The zero-order valence-corrected chi connectivity index (χ0v) is 15.0. The topological polar surface area (TPSA) is 78.4 Å². The Labute approximate surface area is 157 Å². The fourth-order valence-corrected chi connectivity index (χ4v) is 3.67. The van der Waals surface area contributed by atoms with E-state index in [0.29, 0.717) is 5.69 Å². The normalized spacial score (nSPS) is 15.2. The van der Waals surface area contributed by atoms with Gasteiger partial charge in [-0.25, -0.2) is 4.79 Å². The second-order valence-electron chi connectivity index (χ2n) is 6.45. The smallest absolute Gasteiger partial charge is 0.335 e. The third-order valence-corrected chi connectivity index (χ3v) is 5.04. The van der Waals surface area contributed by atoms with E-state index in [9.17, 15) is 9.59 Å². The van der Waals surface area contributed by atoms with E-state index >= 15 is 0 Å². The highest BCUT2D eigenvalue weighted by Gasteiger charge is 2.42. The van der Waals surface area contributed by atoms with Crippen molar-refractivity contribution in [2.45, 2.75) is 31.1 Å². The molecule has 5 nitrogen and oxygen atoms in total. The summed E-state index contributed by atoms with van der Waals surface area (Å²) in [4.78, 5) is 23.9. The number of carbonyl (C=O) groups excluding carboxylic acids is 1. The molecular formula is C20H20N2O3S. The molecule has 0 unspecified atom stereocenters. The minimum absolute atomic E-state index is 0.0964. The highest BCUT2D eigenvalue weighted by molar-refractivity contribution is 7.80. The molecule has 1 saturated carbocycles. The van der Waals surface area contributed by atoms with Gasteiger partial charge in [-0.2, -0.15) is 0 Å². The standard InChI is InChI=1S/C20H20N2O3S/c23-17(24)14-8-10-16(11-9-14)21-19(26)22-18(25)20(12-4-5-13-20)15-6-2-1-3-7-15/h1-3,6-11H,4-5,12-13H2,(H,23,24)(H2,21,22,25,26). The Balaban J connectivity index is 1.70. The second-order valence-corrected chi connectivity index (χ2v) is 6.85. The molecule has 26 heavy (non-hydrogen) atoms. The van der Waals surface area contributed by atoms with Crippen LogP contribution in [0.15, 0.2) is 54.6 Å². The second kappa shape index (κ2) is 7.66. The number of anilines is 1. The summed E-state index contributed by atoms with van der Waals surface area (Å²) < 4.78 is 0. The van der Waals surface area contributed by atoms with Crippen LogP contribution in [0.25, 0.3) is 0 Å². The van der Waals surface area contributed by atoms with Gasteiger partial charge in [-0.05, 0) is 54.9 Å². The maximum Gasteiger partial charge on any atom is 0.335 e. The molecule has 0 saturated heterocycles. The van der Waals surface area contributed by atoms with Crippen LogP contribution >= 0.6 is 12.2 Å². The van der Waals surface area contributed by atoms with Crippen LogP contribution in [0.2, 0.25) is 0 Å². The molecule has 134 valence electrons. The Bertz CT molecular complexity index is 813. The lowest BCUT2D eigenvalue weighted by molar-refractivity contribution is -0.125. The number of carbonyl (C=O) groups is 2. The van der Waals surface area contributed by atoms with Crippen molar-refractivity contribution in [2.24, 2.45) is 0 Å². The molecule has 0 aromatic heterocycles. The van der Waals surface area contributed by atoms with Crippen molar-refractivity contribution in [1.29, 1.82) is 0 Å². The molecule has 3 N–H and O–H groups in total. The molecule has 0 bridgehead atoms. The molecule has 0 heterocycles. The van der Waals surface area contributed by atoms with Crippen LogP contribution in [0, 0.1) is 0 Å². The van der Waals surface area contributed by atoms with E-state index in [1.807, 2.05) is 30.3 Å². The zero-order valence-electron chi connectivity index (χ0n) is 14.2. The molecule has 0 atom stereocenters. The van der Waals surface area contributed by atoms with Crippen molar-refractivity contribution < 1.29 is 14.7 Å². The van der Waals surface area contributed by atoms with Gasteiger partial charge in [0.1, 0.15) is 0 Å². The van der Waals surface area contributed by atoms with E-state index in [1.54, 1.807) is 12.1 Å². The Morgan fingerprint density at radius 3 is 2.15 bits per heavy atom. The monoisotopic (exact) mass is 368 g/mol. The maximum atomic E-state index is 13.0. The zero-order chi connectivity index (χ0) is 18.6. The number of nitrogens with one attached hydrogen (secondary N) is 2. The Hall–Kier alpha value is -2.73. The first kappa shape index (κ1) is 18.1. The van der Waals surface area contributed by atoms with Crippen molar-refractivity contribution in [2.75, 3.05) is 5.32 Å². The van der Waals surface area contributed by atoms with Gasteiger partial charge in [-0.1, -0.05) is 43.2 Å². The van der Waals surface area contributed by atoms with Crippen molar-refractivity contribution in [3.63, 3.8) is 0 Å². The lowest BCUT2D eigenvalue weighted by atomic mass is 9.78. The summed E-state index contributed by atoms with van der Waals surface area (Å²) >= 11 is 5.27. The van der Waals surface area contributed by atoms with E-state index in [0.717, 1.165) is 31.2 Å². The van der Waals surface area contributed by atoms with E-state index in [2.05, 4.69) is 10.6 Å². The summed E-state index contributed by atoms with van der Waals surface area (Å²) in [5.41, 5.74) is 1.30. The van der Waals surface area contributed by atoms with E-state index < -0.39 is 11.4 Å². The summed E-state index contributed by atoms with van der Waals surface area (Å²) in [6.45, 7) is 0. The van der Waals surface area contributed by atoms with Gasteiger partial charge in [-0.15, -0.1) is 0 Å². The van der Waals surface area contributed by atoms with Crippen LogP contribution in [-0.4, -0.2) is 22.1 Å². The van der Waals surface area contributed by atoms with Gasteiger partial charge in [-0.3, -0.25) is 4.79 Å². The molecule has 3 rings (SSSR count). The Morgan fingerprint density at radius 2 is 1.58 bits per heavy atom. The molecular weight excluding hydrogens is 348 g/mol. The number of carboxylic acids is 1. The molecule has 1 aliphatic carbocycles. The van der Waals surface area contributed by atoms with Gasteiger partial charge in [0.15, 0.2) is 5.11 Å². The van der Waals surface area contributed by atoms with Crippen molar-refractivity contribution in [3.8, 4) is 0 Å². The number of benzene rings is 2. The number of aromatic carboxylic acids is 1. The van der Waals surface area contributed by atoms with Gasteiger partial charge >= 0.3 is 5.97 Å². The third-order valence-electron chi connectivity index (χ3n) is 4.83. The van der Waals surface area contributed by atoms with Crippen LogP contribution in [0.5, 0.6) is 0 Å². The van der Waals surface area contributed by atoms with Crippen LogP contribution in [0.1, 0.15) is 41.6 Å². The van der Waals surface area contributed by atoms with Crippen LogP contribution in [0.4, 0.5) is 5.69 Å².